The third kappa shape index (κ3) is 3.79. The Bertz CT molecular complexity index is 1040. The second kappa shape index (κ2) is 8.63. The summed E-state index contributed by atoms with van der Waals surface area (Å²) in [7, 11) is 0. The van der Waals surface area contributed by atoms with Crippen LogP contribution in [-0.4, -0.2) is 42.0 Å². The number of rotatable bonds is 5. The molecule has 0 aromatic carbocycles. The molecule has 36 heavy (non-hydrogen) atoms. The van der Waals surface area contributed by atoms with Crippen LogP contribution in [0.3, 0.4) is 0 Å². The monoisotopic (exact) mass is 500 g/mol. The van der Waals surface area contributed by atoms with Crippen LogP contribution in [0.15, 0.2) is 12.2 Å². The van der Waals surface area contributed by atoms with Crippen LogP contribution < -0.4 is 0 Å². The average Bonchev–Trinajstić information content (AvgIpc) is 3.01. The molecule has 0 aromatic heterocycles. The highest BCUT2D eigenvalue weighted by Crippen LogP contribution is 2.72. The first-order valence-corrected chi connectivity index (χ1v) is 13.2. The maximum atomic E-state index is 13.8. The quantitative estimate of drug-likeness (QED) is 0.520. The SMILES string of the molecule is CC(=O)OCC(=O)CC1CC(=O)C2C1(C)CCC1C3(C)C=CC(=O)C(C)(C)C3CC(OC(C)=O)C12C. The van der Waals surface area contributed by atoms with Crippen LogP contribution in [0.2, 0.25) is 0 Å². The highest BCUT2D eigenvalue weighted by Gasteiger charge is 2.72. The summed E-state index contributed by atoms with van der Waals surface area (Å²) in [6.45, 7) is 12.8. The number of Topliss-reactive ketones (excluding diaryl/α,β-unsaturated/α-hetero) is 2. The topological polar surface area (TPSA) is 104 Å². The van der Waals surface area contributed by atoms with Gasteiger partial charge in [0.2, 0.25) is 0 Å². The Morgan fingerprint density at radius 1 is 1.00 bits per heavy atom. The molecule has 0 amide bonds. The number of fused-ring (bicyclic) bond motifs is 5. The van der Waals surface area contributed by atoms with E-state index in [0.717, 1.165) is 12.8 Å². The summed E-state index contributed by atoms with van der Waals surface area (Å²) in [4.78, 5) is 62.8. The predicted octanol–water partition coefficient (Wildman–Crippen LogP) is 4.26. The first-order valence-electron chi connectivity index (χ1n) is 13.2. The Morgan fingerprint density at radius 3 is 2.28 bits per heavy atom. The van der Waals surface area contributed by atoms with E-state index in [1.165, 1.54) is 13.8 Å². The molecule has 0 radical (unpaired) electrons. The normalized spacial score (nSPS) is 42.7. The summed E-state index contributed by atoms with van der Waals surface area (Å²) >= 11 is 0. The van der Waals surface area contributed by atoms with E-state index in [-0.39, 0.29) is 65.4 Å². The van der Waals surface area contributed by atoms with Crippen molar-refractivity contribution >= 4 is 29.3 Å². The van der Waals surface area contributed by atoms with Crippen LogP contribution in [-0.2, 0) is 33.4 Å². The number of carbonyl (C=O) groups is 5. The molecule has 0 heterocycles. The molecule has 198 valence electrons. The second-order valence-electron chi connectivity index (χ2n) is 13.0. The van der Waals surface area contributed by atoms with E-state index < -0.39 is 28.3 Å². The molecule has 4 aliphatic rings. The predicted molar refractivity (Wildman–Crippen MR) is 131 cm³/mol. The summed E-state index contributed by atoms with van der Waals surface area (Å²) in [5.74, 6) is -1.38. The lowest BCUT2D eigenvalue weighted by Gasteiger charge is -2.67. The number of allylic oxidation sites excluding steroid dienone is 2. The van der Waals surface area contributed by atoms with E-state index in [0.29, 0.717) is 12.8 Å². The van der Waals surface area contributed by atoms with Crippen molar-refractivity contribution in [2.75, 3.05) is 6.61 Å². The molecule has 0 N–H and O–H groups in total. The Morgan fingerprint density at radius 2 is 1.67 bits per heavy atom. The van der Waals surface area contributed by atoms with Crippen molar-refractivity contribution in [3.63, 3.8) is 0 Å². The van der Waals surface area contributed by atoms with Gasteiger partial charge in [0.1, 0.15) is 18.5 Å². The average molecular weight is 501 g/mol. The van der Waals surface area contributed by atoms with Crippen molar-refractivity contribution in [1.29, 1.82) is 0 Å². The van der Waals surface area contributed by atoms with E-state index in [1.807, 2.05) is 13.8 Å². The minimum atomic E-state index is -0.629. The molecular formula is C29H40O7. The zero-order chi connectivity index (χ0) is 26.8. The van der Waals surface area contributed by atoms with Crippen LogP contribution in [0.25, 0.3) is 0 Å². The van der Waals surface area contributed by atoms with Gasteiger partial charge in [0.25, 0.3) is 0 Å². The van der Waals surface area contributed by atoms with Gasteiger partial charge in [0.15, 0.2) is 11.6 Å². The number of carbonyl (C=O) groups excluding carboxylic acids is 5. The van der Waals surface area contributed by atoms with Crippen LogP contribution >= 0.6 is 0 Å². The number of hydrogen-bond donors (Lipinski definition) is 0. The lowest BCUT2D eigenvalue weighted by molar-refractivity contribution is -0.223. The van der Waals surface area contributed by atoms with Gasteiger partial charge < -0.3 is 9.47 Å². The molecule has 0 aliphatic heterocycles. The highest BCUT2D eigenvalue weighted by molar-refractivity contribution is 5.96. The highest BCUT2D eigenvalue weighted by atomic mass is 16.5. The lowest BCUT2D eigenvalue weighted by atomic mass is 9.37. The lowest BCUT2D eigenvalue weighted by Crippen LogP contribution is -2.67. The first-order chi connectivity index (χ1) is 16.6. The third-order valence-electron chi connectivity index (χ3n) is 10.7. The number of ketones is 3. The fourth-order valence-electron chi connectivity index (χ4n) is 9.07. The Kier molecular flexibility index (Phi) is 6.41. The molecule has 0 aromatic rings. The van der Waals surface area contributed by atoms with Crippen LogP contribution in [0.5, 0.6) is 0 Å². The molecule has 3 saturated carbocycles. The summed E-state index contributed by atoms with van der Waals surface area (Å²) < 4.78 is 10.9. The summed E-state index contributed by atoms with van der Waals surface area (Å²) in [5, 5.41) is 0. The number of ether oxygens (including phenoxy) is 2. The third-order valence-corrected chi connectivity index (χ3v) is 10.7. The molecule has 0 saturated heterocycles. The van der Waals surface area contributed by atoms with Gasteiger partial charge in [-0.2, -0.15) is 0 Å². The molecule has 8 atom stereocenters. The van der Waals surface area contributed by atoms with E-state index in [9.17, 15) is 24.0 Å². The van der Waals surface area contributed by atoms with E-state index in [2.05, 4.69) is 26.8 Å². The van der Waals surface area contributed by atoms with Crippen LogP contribution in [0, 0.1) is 45.3 Å². The molecule has 4 aliphatic carbocycles. The van der Waals surface area contributed by atoms with Crippen molar-refractivity contribution in [3.8, 4) is 0 Å². The van der Waals surface area contributed by atoms with Crippen LogP contribution in [0.1, 0.15) is 80.6 Å². The Hall–Kier alpha value is -2.31. The van der Waals surface area contributed by atoms with Gasteiger partial charge >= 0.3 is 11.9 Å². The molecular weight excluding hydrogens is 460 g/mol. The molecule has 7 nitrogen and oxygen atoms in total. The van der Waals surface area contributed by atoms with Crippen molar-refractivity contribution in [2.24, 2.45) is 45.3 Å². The van der Waals surface area contributed by atoms with E-state index >= 15 is 0 Å². The van der Waals surface area contributed by atoms with Gasteiger partial charge in [0, 0.05) is 43.4 Å². The zero-order valence-corrected chi connectivity index (χ0v) is 22.6. The fourth-order valence-corrected chi connectivity index (χ4v) is 9.07. The van der Waals surface area contributed by atoms with Gasteiger partial charge in [-0.3, -0.25) is 24.0 Å². The molecule has 8 unspecified atom stereocenters. The van der Waals surface area contributed by atoms with Crippen LogP contribution in [0.4, 0.5) is 0 Å². The maximum Gasteiger partial charge on any atom is 0.303 e. The minimum Gasteiger partial charge on any atom is -0.462 e. The molecule has 0 bridgehead atoms. The zero-order valence-electron chi connectivity index (χ0n) is 22.6. The summed E-state index contributed by atoms with van der Waals surface area (Å²) in [6.07, 6.45) is 5.85. The van der Waals surface area contributed by atoms with Crippen molar-refractivity contribution in [3.05, 3.63) is 12.2 Å². The van der Waals surface area contributed by atoms with Crippen molar-refractivity contribution in [1.82, 2.24) is 0 Å². The van der Waals surface area contributed by atoms with Crippen molar-refractivity contribution in [2.45, 2.75) is 86.7 Å². The standard InChI is InChI=1S/C29H40O7/c1-16(30)35-15-19(32)12-18-13-20(33)25-27(18,5)10-8-21-28(6)11-9-23(34)26(3,4)22(28)14-24(29(21,25)7)36-17(2)31/h9,11,18,21-22,24-25H,8,10,12-15H2,1-7H3. The minimum absolute atomic E-state index is 0.0214. The van der Waals surface area contributed by atoms with E-state index in [4.69, 9.17) is 9.47 Å². The number of esters is 2. The second-order valence-corrected chi connectivity index (χ2v) is 13.0. The van der Waals surface area contributed by atoms with Crippen molar-refractivity contribution < 1.29 is 33.4 Å². The molecule has 0 spiro atoms. The smallest absolute Gasteiger partial charge is 0.303 e. The van der Waals surface area contributed by atoms with E-state index in [1.54, 1.807) is 6.08 Å². The van der Waals surface area contributed by atoms with Gasteiger partial charge in [-0.25, -0.2) is 0 Å². The molecule has 7 heteroatoms. The van der Waals surface area contributed by atoms with Gasteiger partial charge in [0.05, 0.1) is 0 Å². The molecule has 4 rings (SSSR count). The summed E-state index contributed by atoms with van der Waals surface area (Å²) in [6, 6.07) is 0. The van der Waals surface area contributed by atoms with Gasteiger partial charge in [-0.1, -0.05) is 40.7 Å². The Balaban J connectivity index is 1.75. The fraction of sp³-hybridized carbons (Fsp3) is 0.759. The first kappa shape index (κ1) is 26.7. The largest absolute Gasteiger partial charge is 0.462 e. The number of hydrogen-bond acceptors (Lipinski definition) is 7. The summed E-state index contributed by atoms with van der Waals surface area (Å²) in [5.41, 5.74) is -1.99. The molecule has 3 fully saturated rings. The Labute approximate surface area is 213 Å². The van der Waals surface area contributed by atoms with Gasteiger partial charge in [-0.05, 0) is 53.9 Å². The maximum absolute atomic E-state index is 13.8. The van der Waals surface area contributed by atoms with Gasteiger partial charge in [-0.15, -0.1) is 0 Å².